The van der Waals surface area contributed by atoms with Gasteiger partial charge in [-0.25, -0.2) is 4.98 Å². The van der Waals surface area contributed by atoms with E-state index in [9.17, 15) is 9.59 Å². The van der Waals surface area contributed by atoms with Gasteiger partial charge in [0.15, 0.2) is 5.13 Å². The van der Waals surface area contributed by atoms with E-state index in [-0.39, 0.29) is 11.8 Å². The third kappa shape index (κ3) is 5.24. The van der Waals surface area contributed by atoms with Gasteiger partial charge in [0, 0.05) is 27.6 Å². The Morgan fingerprint density at radius 3 is 2.63 bits per heavy atom. The van der Waals surface area contributed by atoms with Crippen LogP contribution in [0.15, 0.2) is 66.1 Å². The summed E-state index contributed by atoms with van der Waals surface area (Å²) in [7, 11) is 0. The molecule has 1 N–H and O–H groups in total. The molecule has 1 aromatic heterocycles. The fourth-order valence-corrected chi connectivity index (χ4v) is 3.77. The van der Waals surface area contributed by atoms with Gasteiger partial charge in [-0.1, -0.05) is 24.3 Å². The van der Waals surface area contributed by atoms with Crippen molar-refractivity contribution >= 4 is 68.3 Å². The molecule has 0 bridgehead atoms. The Labute approximate surface area is 174 Å². The van der Waals surface area contributed by atoms with E-state index in [1.807, 2.05) is 60.0 Å². The minimum atomic E-state index is -0.238. The molecule has 3 aromatic rings. The quantitative estimate of drug-likeness (QED) is 0.402. The molecule has 1 heterocycles. The van der Waals surface area contributed by atoms with E-state index in [2.05, 4.69) is 32.9 Å². The smallest absolute Gasteiger partial charge is 0.248 e. The Morgan fingerprint density at radius 2 is 1.93 bits per heavy atom. The maximum atomic E-state index is 12.1. The fourth-order valence-electron chi connectivity index (χ4n) is 2.37. The van der Waals surface area contributed by atoms with E-state index in [4.69, 9.17) is 0 Å². The van der Waals surface area contributed by atoms with Gasteiger partial charge in [-0.05, 0) is 59.0 Å². The molecule has 0 saturated heterocycles. The maximum absolute atomic E-state index is 12.1. The first-order valence-electron chi connectivity index (χ1n) is 8.09. The summed E-state index contributed by atoms with van der Waals surface area (Å²) in [6.07, 6.45) is 3.06. The lowest BCUT2D eigenvalue weighted by Crippen LogP contribution is -2.22. The second-order valence-electron chi connectivity index (χ2n) is 5.58. The number of halogens is 1. The largest absolute Gasteiger partial charge is 0.322 e. The van der Waals surface area contributed by atoms with Crippen LogP contribution >= 0.6 is 33.9 Å². The molecular formula is C20H16IN3O2S. The Bertz CT molecular complexity index is 986. The molecule has 0 aliphatic heterocycles. The van der Waals surface area contributed by atoms with Gasteiger partial charge in [0.25, 0.3) is 0 Å². The highest BCUT2D eigenvalue weighted by Crippen LogP contribution is 2.29. The van der Waals surface area contributed by atoms with E-state index in [1.54, 1.807) is 11.0 Å². The number of thiazole rings is 1. The standard InChI is InChI=1S/C20H16IN3O2S/c1-14(25)24(18-8-3-2-4-9-18)20-23-17(13-27-20)10-11-19(26)22-16-7-5-6-15(21)12-16/h2-13H,1H3,(H,22,26)/b11-10+. The van der Waals surface area contributed by atoms with Gasteiger partial charge in [0.1, 0.15) is 0 Å². The predicted octanol–water partition coefficient (Wildman–Crippen LogP) is 5.08. The molecule has 7 heteroatoms. The number of hydrogen-bond donors (Lipinski definition) is 1. The lowest BCUT2D eigenvalue weighted by atomic mass is 10.3. The van der Waals surface area contributed by atoms with Crippen LogP contribution in [0.5, 0.6) is 0 Å². The average Bonchev–Trinajstić information content (AvgIpc) is 3.09. The highest BCUT2D eigenvalue weighted by atomic mass is 127. The second-order valence-corrected chi connectivity index (χ2v) is 7.66. The van der Waals surface area contributed by atoms with Crippen molar-refractivity contribution in [3.63, 3.8) is 0 Å². The summed E-state index contributed by atoms with van der Waals surface area (Å²) in [5, 5.41) is 5.18. The lowest BCUT2D eigenvalue weighted by Gasteiger charge is -2.17. The van der Waals surface area contributed by atoms with Gasteiger partial charge in [0.2, 0.25) is 11.8 Å². The minimum Gasteiger partial charge on any atom is -0.322 e. The van der Waals surface area contributed by atoms with E-state index in [1.165, 1.54) is 24.3 Å². The van der Waals surface area contributed by atoms with E-state index in [0.29, 0.717) is 10.8 Å². The Hall–Kier alpha value is -2.52. The zero-order valence-electron chi connectivity index (χ0n) is 14.4. The van der Waals surface area contributed by atoms with Crippen LogP contribution in [0.2, 0.25) is 0 Å². The van der Waals surface area contributed by atoms with Crippen LogP contribution < -0.4 is 10.2 Å². The first-order chi connectivity index (χ1) is 13.0. The van der Waals surface area contributed by atoms with Crippen molar-refractivity contribution in [2.75, 3.05) is 10.2 Å². The first kappa shape index (κ1) is 19.2. The van der Waals surface area contributed by atoms with Crippen LogP contribution in [0.4, 0.5) is 16.5 Å². The van der Waals surface area contributed by atoms with Crippen molar-refractivity contribution in [1.29, 1.82) is 0 Å². The van der Waals surface area contributed by atoms with Crippen LogP contribution in [-0.4, -0.2) is 16.8 Å². The summed E-state index contributed by atoms with van der Waals surface area (Å²) < 4.78 is 1.05. The van der Waals surface area contributed by atoms with Gasteiger partial charge in [0.05, 0.1) is 11.4 Å². The van der Waals surface area contributed by atoms with Crippen molar-refractivity contribution in [1.82, 2.24) is 4.98 Å². The molecule has 2 amide bonds. The van der Waals surface area contributed by atoms with Crippen LogP contribution in [0.25, 0.3) is 6.08 Å². The molecule has 5 nitrogen and oxygen atoms in total. The van der Waals surface area contributed by atoms with Crippen molar-refractivity contribution in [2.45, 2.75) is 6.92 Å². The maximum Gasteiger partial charge on any atom is 0.248 e. The average molecular weight is 489 g/mol. The summed E-state index contributed by atoms with van der Waals surface area (Å²) in [5.41, 5.74) is 2.11. The predicted molar refractivity (Wildman–Crippen MR) is 118 cm³/mol. The van der Waals surface area contributed by atoms with Crippen LogP contribution in [0.3, 0.4) is 0 Å². The summed E-state index contributed by atoms with van der Waals surface area (Å²) in [5.74, 6) is -0.361. The van der Waals surface area contributed by atoms with Crippen LogP contribution in [0, 0.1) is 3.57 Å². The monoisotopic (exact) mass is 489 g/mol. The zero-order chi connectivity index (χ0) is 19.2. The van der Waals surface area contributed by atoms with E-state index < -0.39 is 0 Å². The summed E-state index contributed by atoms with van der Waals surface area (Å²) in [4.78, 5) is 30.1. The van der Waals surface area contributed by atoms with Crippen molar-refractivity contribution in [3.8, 4) is 0 Å². The van der Waals surface area contributed by atoms with Crippen LogP contribution in [0.1, 0.15) is 12.6 Å². The van der Waals surface area contributed by atoms with Crippen molar-refractivity contribution < 1.29 is 9.59 Å². The molecule has 0 radical (unpaired) electrons. The highest BCUT2D eigenvalue weighted by Gasteiger charge is 2.17. The molecule has 0 saturated carbocycles. The van der Waals surface area contributed by atoms with Gasteiger partial charge >= 0.3 is 0 Å². The molecule has 0 aliphatic carbocycles. The topological polar surface area (TPSA) is 62.3 Å². The normalized spacial score (nSPS) is 10.7. The van der Waals surface area contributed by atoms with Crippen molar-refractivity contribution in [3.05, 3.63) is 75.3 Å². The van der Waals surface area contributed by atoms with Crippen molar-refractivity contribution in [2.24, 2.45) is 0 Å². The number of carbonyl (C=O) groups excluding carboxylic acids is 2. The summed E-state index contributed by atoms with van der Waals surface area (Å²) >= 11 is 3.54. The second kappa shape index (κ2) is 8.92. The molecule has 0 spiro atoms. The van der Waals surface area contributed by atoms with Gasteiger partial charge in [-0.3, -0.25) is 14.5 Å². The first-order valence-corrected chi connectivity index (χ1v) is 10.0. The molecule has 0 unspecified atom stereocenters. The molecule has 2 aromatic carbocycles. The Kier molecular flexibility index (Phi) is 6.36. The molecule has 0 fully saturated rings. The number of nitrogens with zero attached hydrogens (tertiary/aromatic N) is 2. The highest BCUT2D eigenvalue weighted by molar-refractivity contribution is 14.1. The Balaban J connectivity index is 1.72. The number of benzene rings is 2. The number of hydrogen-bond acceptors (Lipinski definition) is 4. The van der Waals surface area contributed by atoms with Gasteiger partial charge < -0.3 is 5.32 Å². The summed E-state index contributed by atoms with van der Waals surface area (Å²) in [6.45, 7) is 1.50. The molecule has 0 aliphatic rings. The van der Waals surface area contributed by atoms with Gasteiger partial charge in [-0.15, -0.1) is 11.3 Å². The number of para-hydroxylation sites is 1. The number of carbonyl (C=O) groups is 2. The molecule has 27 heavy (non-hydrogen) atoms. The minimum absolute atomic E-state index is 0.123. The SMILES string of the molecule is CC(=O)N(c1ccccc1)c1nc(/C=C/C(=O)Nc2cccc(I)c2)cs1. The number of nitrogens with one attached hydrogen (secondary N) is 1. The molecule has 3 rings (SSSR count). The zero-order valence-corrected chi connectivity index (χ0v) is 17.4. The lowest BCUT2D eigenvalue weighted by molar-refractivity contribution is -0.116. The number of aromatic nitrogens is 1. The van der Waals surface area contributed by atoms with Crippen LogP contribution in [-0.2, 0) is 9.59 Å². The van der Waals surface area contributed by atoms with E-state index in [0.717, 1.165) is 14.9 Å². The summed E-state index contributed by atoms with van der Waals surface area (Å²) in [6, 6.07) is 16.9. The number of anilines is 3. The molecule has 0 atom stereocenters. The number of amides is 2. The van der Waals surface area contributed by atoms with E-state index >= 15 is 0 Å². The number of rotatable bonds is 5. The molecule has 136 valence electrons. The third-order valence-corrected chi connectivity index (χ3v) is 5.04. The molecular weight excluding hydrogens is 473 g/mol. The fraction of sp³-hybridized carbons (Fsp3) is 0.0500. The van der Waals surface area contributed by atoms with Gasteiger partial charge in [-0.2, -0.15) is 0 Å². The Morgan fingerprint density at radius 1 is 1.15 bits per heavy atom. The third-order valence-electron chi connectivity index (χ3n) is 3.53.